The van der Waals surface area contributed by atoms with E-state index < -0.39 is 0 Å². The van der Waals surface area contributed by atoms with Gasteiger partial charge in [0, 0.05) is 36.0 Å². The van der Waals surface area contributed by atoms with E-state index in [0.29, 0.717) is 6.42 Å². The van der Waals surface area contributed by atoms with Gasteiger partial charge in [-0.25, -0.2) is 0 Å². The van der Waals surface area contributed by atoms with Crippen molar-refractivity contribution in [3.8, 4) is 0 Å². The molecule has 2 aliphatic heterocycles. The van der Waals surface area contributed by atoms with E-state index in [9.17, 15) is 9.59 Å². The van der Waals surface area contributed by atoms with Crippen molar-refractivity contribution < 1.29 is 9.59 Å². The van der Waals surface area contributed by atoms with Gasteiger partial charge in [0.15, 0.2) is 0 Å². The second kappa shape index (κ2) is 7.51. The highest BCUT2D eigenvalue weighted by atomic mass is 16.2. The van der Waals surface area contributed by atoms with Crippen molar-refractivity contribution in [2.45, 2.75) is 57.8 Å². The van der Waals surface area contributed by atoms with Crippen LogP contribution in [-0.4, -0.2) is 49.4 Å². The lowest BCUT2D eigenvalue weighted by molar-refractivity contribution is -0.124. The molecule has 152 valence electrons. The Balaban J connectivity index is 1.35. The summed E-state index contributed by atoms with van der Waals surface area (Å²) in [4.78, 5) is 29.6. The molecule has 0 unspecified atom stereocenters. The van der Waals surface area contributed by atoms with Crippen LogP contribution in [0.4, 0.5) is 5.69 Å². The number of hydrogen-bond acceptors (Lipinski definition) is 3. The highest BCUT2D eigenvalue weighted by Crippen LogP contribution is 2.46. The molecular formula is C23H33N3O2. The third-order valence-electron chi connectivity index (χ3n) is 6.75. The number of rotatable bonds is 6. The molecule has 0 aromatic heterocycles. The minimum Gasteiger partial charge on any atom is -0.354 e. The molecule has 1 saturated carbocycles. The number of para-hydroxylation sites is 1. The van der Waals surface area contributed by atoms with Crippen molar-refractivity contribution in [3.63, 3.8) is 0 Å². The lowest BCUT2D eigenvalue weighted by Gasteiger charge is -2.38. The molecule has 2 fully saturated rings. The third kappa shape index (κ3) is 4.09. The van der Waals surface area contributed by atoms with Crippen molar-refractivity contribution >= 4 is 17.5 Å². The minimum absolute atomic E-state index is 0.0355. The molecule has 28 heavy (non-hydrogen) atoms. The quantitative estimate of drug-likeness (QED) is 0.821. The summed E-state index contributed by atoms with van der Waals surface area (Å²) in [7, 11) is 0. The number of benzene rings is 1. The monoisotopic (exact) mass is 383 g/mol. The molecule has 1 aliphatic carbocycles. The van der Waals surface area contributed by atoms with Crippen molar-refractivity contribution in [1.29, 1.82) is 0 Å². The summed E-state index contributed by atoms with van der Waals surface area (Å²) in [6, 6.07) is 7.98. The predicted octanol–water partition coefficient (Wildman–Crippen LogP) is 3.08. The topological polar surface area (TPSA) is 52.7 Å². The average molecular weight is 384 g/mol. The fourth-order valence-corrected chi connectivity index (χ4v) is 4.80. The number of amides is 2. The number of hydrogen-bond donors (Lipinski definition) is 1. The zero-order chi connectivity index (χ0) is 19.8. The maximum Gasteiger partial charge on any atom is 0.240 e. The third-order valence-corrected chi connectivity index (χ3v) is 6.75. The summed E-state index contributed by atoms with van der Waals surface area (Å²) in [5.41, 5.74) is 2.10. The Labute approximate surface area is 168 Å². The van der Waals surface area contributed by atoms with Gasteiger partial charge in [-0.15, -0.1) is 0 Å². The van der Waals surface area contributed by atoms with Gasteiger partial charge in [0.1, 0.15) is 6.54 Å². The Hall–Kier alpha value is -1.88. The van der Waals surface area contributed by atoms with Crippen molar-refractivity contribution in [3.05, 3.63) is 29.8 Å². The normalized spacial score (nSPS) is 23.2. The van der Waals surface area contributed by atoms with Gasteiger partial charge in [-0.05, 0) is 50.4 Å². The van der Waals surface area contributed by atoms with E-state index in [2.05, 4.69) is 30.1 Å². The number of fused-ring (bicyclic) bond motifs is 1. The maximum atomic E-state index is 12.7. The molecule has 2 heterocycles. The largest absolute Gasteiger partial charge is 0.354 e. The molecule has 0 radical (unpaired) electrons. The van der Waals surface area contributed by atoms with Crippen LogP contribution in [-0.2, 0) is 15.0 Å². The first-order chi connectivity index (χ1) is 13.4. The number of carbonyl (C=O) groups excluding carboxylic acids is 2. The van der Waals surface area contributed by atoms with Gasteiger partial charge in [-0.1, -0.05) is 38.5 Å². The van der Waals surface area contributed by atoms with E-state index in [-0.39, 0.29) is 29.2 Å². The van der Waals surface area contributed by atoms with Gasteiger partial charge in [-0.2, -0.15) is 0 Å². The van der Waals surface area contributed by atoms with E-state index >= 15 is 0 Å². The lowest BCUT2D eigenvalue weighted by atomic mass is 9.77. The second-order valence-corrected chi connectivity index (χ2v) is 9.67. The molecule has 4 rings (SSSR count). The molecule has 0 bridgehead atoms. The van der Waals surface area contributed by atoms with E-state index in [4.69, 9.17) is 0 Å². The van der Waals surface area contributed by atoms with Crippen LogP contribution in [0.1, 0.15) is 57.9 Å². The van der Waals surface area contributed by atoms with Crippen LogP contribution in [0.15, 0.2) is 24.3 Å². The molecule has 1 aromatic rings. The van der Waals surface area contributed by atoms with Crippen LogP contribution in [0.25, 0.3) is 0 Å². The number of likely N-dealkylation sites (tertiary alicyclic amines) is 1. The smallest absolute Gasteiger partial charge is 0.240 e. The average Bonchev–Trinajstić information content (AvgIpc) is 3.44. The number of piperidine rings is 1. The number of nitrogens with zero attached hydrogens (tertiary/aromatic N) is 2. The lowest BCUT2D eigenvalue weighted by Crippen LogP contribution is -2.48. The Morgan fingerprint density at radius 2 is 1.82 bits per heavy atom. The first-order valence-corrected chi connectivity index (χ1v) is 10.8. The van der Waals surface area contributed by atoms with Crippen molar-refractivity contribution in [2.75, 3.05) is 37.6 Å². The number of anilines is 1. The molecule has 5 nitrogen and oxygen atoms in total. The van der Waals surface area contributed by atoms with Crippen LogP contribution >= 0.6 is 0 Å². The van der Waals surface area contributed by atoms with Gasteiger partial charge in [0.25, 0.3) is 0 Å². The van der Waals surface area contributed by atoms with Gasteiger partial charge >= 0.3 is 0 Å². The molecule has 0 atom stereocenters. The van der Waals surface area contributed by atoms with Gasteiger partial charge in [-0.3, -0.25) is 9.59 Å². The maximum absolute atomic E-state index is 12.7. The molecule has 3 aliphatic rings. The van der Waals surface area contributed by atoms with Gasteiger partial charge in [0.2, 0.25) is 11.8 Å². The molecule has 2 amide bonds. The summed E-state index contributed by atoms with van der Waals surface area (Å²) in [5, 5.41) is 3.13. The fraction of sp³-hybridized carbons (Fsp3) is 0.652. The van der Waals surface area contributed by atoms with E-state index in [0.717, 1.165) is 24.3 Å². The Morgan fingerprint density at radius 3 is 2.54 bits per heavy atom. The highest BCUT2D eigenvalue weighted by Gasteiger charge is 2.44. The van der Waals surface area contributed by atoms with Crippen LogP contribution < -0.4 is 10.2 Å². The SMILES string of the molecule is CC1(C)CC(=O)N(CC(=O)NCC2(CN3CCCCC3)CC2)c2ccccc21. The van der Waals surface area contributed by atoms with Gasteiger partial charge < -0.3 is 15.1 Å². The Morgan fingerprint density at radius 1 is 1.11 bits per heavy atom. The first-order valence-electron chi connectivity index (χ1n) is 10.8. The standard InChI is InChI=1S/C23H33N3O2/c1-22(2)14-21(28)26(19-9-5-4-8-18(19)22)15-20(27)24-16-23(10-11-23)17-25-12-6-3-7-13-25/h4-5,8-9H,3,6-7,10-17H2,1-2H3,(H,24,27). The fourth-order valence-electron chi connectivity index (χ4n) is 4.80. The first kappa shape index (κ1) is 19.4. The van der Waals surface area contributed by atoms with Crippen molar-refractivity contribution in [2.24, 2.45) is 5.41 Å². The molecule has 1 aromatic carbocycles. The molecular weight excluding hydrogens is 350 g/mol. The summed E-state index contributed by atoms with van der Waals surface area (Å²) in [6.07, 6.45) is 6.79. The van der Waals surface area contributed by atoms with Crippen molar-refractivity contribution in [1.82, 2.24) is 10.2 Å². The molecule has 1 saturated heterocycles. The number of nitrogens with one attached hydrogen (secondary N) is 1. The second-order valence-electron chi connectivity index (χ2n) is 9.67. The summed E-state index contributed by atoms with van der Waals surface area (Å²) < 4.78 is 0. The zero-order valence-corrected chi connectivity index (χ0v) is 17.3. The molecule has 0 spiro atoms. The minimum atomic E-state index is -0.187. The summed E-state index contributed by atoms with van der Waals surface area (Å²) in [5.74, 6) is -0.0129. The van der Waals surface area contributed by atoms with Gasteiger partial charge in [0.05, 0.1) is 0 Å². The summed E-state index contributed by atoms with van der Waals surface area (Å²) in [6.45, 7) is 8.54. The Kier molecular flexibility index (Phi) is 5.21. The summed E-state index contributed by atoms with van der Waals surface area (Å²) >= 11 is 0. The van der Waals surface area contributed by atoms with Crippen LogP contribution in [0.5, 0.6) is 0 Å². The van der Waals surface area contributed by atoms with E-state index in [1.165, 1.54) is 45.2 Å². The zero-order valence-electron chi connectivity index (χ0n) is 17.3. The Bertz CT molecular complexity index is 748. The molecule has 1 N–H and O–H groups in total. The van der Waals surface area contributed by atoms with E-state index in [1.807, 2.05) is 18.2 Å². The van der Waals surface area contributed by atoms with E-state index in [1.54, 1.807) is 4.90 Å². The molecule has 5 heteroatoms. The van der Waals surface area contributed by atoms with Crippen LogP contribution in [0.2, 0.25) is 0 Å². The predicted molar refractivity (Wildman–Crippen MR) is 111 cm³/mol. The highest BCUT2D eigenvalue weighted by molar-refractivity contribution is 6.02. The van der Waals surface area contributed by atoms with Crippen LogP contribution in [0, 0.1) is 5.41 Å². The van der Waals surface area contributed by atoms with Crippen LogP contribution in [0.3, 0.4) is 0 Å². The number of carbonyl (C=O) groups is 2.